The minimum atomic E-state index is -0.217. The van der Waals surface area contributed by atoms with Crippen molar-refractivity contribution in [1.82, 2.24) is 0 Å². The number of benzene rings is 1. The Labute approximate surface area is 160 Å². The molecule has 120 valence electrons. The molecule has 1 aromatic rings. The Hall–Kier alpha value is 0.137. The molecule has 2 aliphatic carbocycles. The second kappa shape index (κ2) is 10.2. The molecule has 1 aromatic carbocycles. The van der Waals surface area contributed by atoms with Gasteiger partial charge in [0.05, 0.1) is 5.69 Å². The summed E-state index contributed by atoms with van der Waals surface area (Å²) in [4.78, 5) is 5.93. The maximum absolute atomic E-state index is 5.88. The standard InChI is InChI=1S/C19H28NPS.Li/c22-19(20-16-10-4-1-5-11-16)21(17-12-6-2-7-13-17)18-14-8-3-9-15-18;/h1,4-5,10-11,17-18H,2-3,6-9,12-15H2,(H,20,22);/q;+1/p-1. The molecule has 2 aliphatic rings. The normalized spacial score (nSPS) is 21.2. The van der Waals surface area contributed by atoms with Crippen LogP contribution in [0.5, 0.6) is 0 Å². The molecule has 2 fully saturated rings. The van der Waals surface area contributed by atoms with Crippen LogP contribution < -0.4 is 18.9 Å². The van der Waals surface area contributed by atoms with E-state index in [-0.39, 0.29) is 26.8 Å². The smallest absolute Gasteiger partial charge is 0.760 e. The van der Waals surface area contributed by atoms with Gasteiger partial charge in [0, 0.05) is 0 Å². The first-order valence-corrected chi connectivity index (χ1v) is 10.8. The fourth-order valence-corrected chi connectivity index (χ4v) is 8.29. The van der Waals surface area contributed by atoms with Crippen LogP contribution in [0.1, 0.15) is 64.2 Å². The van der Waals surface area contributed by atoms with Gasteiger partial charge < -0.3 is 12.6 Å². The van der Waals surface area contributed by atoms with E-state index in [4.69, 9.17) is 17.6 Å². The van der Waals surface area contributed by atoms with Gasteiger partial charge in [-0.2, -0.15) is 0 Å². The van der Waals surface area contributed by atoms with Gasteiger partial charge in [-0.1, -0.05) is 69.4 Å². The van der Waals surface area contributed by atoms with E-state index in [1.165, 1.54) is 64.2 Å². The third kappa shape index (κ3) is 5.57. The van der Waals surface area contributed by atoms with E-state index in [0.29, 0.717) is 0 Å². The summed E-state index contributed by atoms with van der Waals surface area (Å²) >= 11 is 5.88. The zero-order valence-corrected chi connectivity index (χ0v) is 16.1. The predicted octanol–water partition coefficient (Wildman–Crippen LogP) is 3.37. The van der Waals surface area contributed by atoms with Crippen molar-refractivity contribution in [3.05, 3.63) is 30.3 Å². The van der Waals surface area contributed by atoms with Crippen molar-refractivity contribution in [2.45, 2.75) is 75.5 Å². The number of aliphatic imine (C=N–C) groups is 1. The molecule has 1 nitrogen and oxygen atoms in total. The second-order valence-corrected chi connectivity index (χ2v) is 10.1. The molecule has 0 bridgehead atoms. The van der Waals surface area contributed by atoms with E-state index in [1.807, 2.05) is 6.07 Å². The van der Waals surface area contributed by atoms with Crippen molar-refractivity contribution in [2.75, 3.05) is 0 Å². The van der Waals surface area contributed by atoms with E-state index in [1.54, 1.807) is 0 Å². The third-order valence-electron chi connectivity index (χ3n) is 5.14. The van der Waals surface area contributed by atoms with Crippen molar-refractivity contribution in [1.29, 1.82) is 0 Å². The quantitative estimate of drug-likeness (QED) is 0.269. The first-order chi connectivity index (χ1) is 10.8. The van der Waals surface area contributed by atoms with Crippen LogP contribution in [-0.2, 0) is 12.6 Å². The van der Waals surface area contributed by atoms with Crippen LogP contribution in [0, 0.1) is 0 Å². The summed E-state index contributed by atoms with van der Waals surface area (Å²) in [7, 11) is -0.217. The van der Waals surface area contributed by atoms with Gasteiger partial charge in [-0.05, 0) is 49.1 Å². The van der Waals surface area contributed by atoms with Crippen molar-refractivity contribution in [3.63, 3.8) is 0 Å². The van der Waals surface area contributed by atoms with Crippen molar-refractivity contribution in [2.24, 2.45) is 4.99 Å². The molecule has 2 saturated carbocycles. The van der Waals surface area contributed by atoms with Gasteiger partial charge in [-0.25, -0.2) is 0 Å². The Morgan fingerprint density at radius 3 is 1.78 bits per heavy atom. The fourth-order valence-electron chi connectivity index (χ4n) is 4.00. The number of rotatable bonds is 4. The molecule has 0 aromatic heterocycles. The van der Waals surface area contributed by atoms with Crippen molar-refractivity contribution >= 4 is 31.0 Å². The molecule has 0 spiro atoms. The molecule has 0 saturated heterocycles. The molecular weight excluding hydrogens is 312 g/mol. The Morgan fingerprint density at radius 2 is 1.30 bits per heavy atom. The van der Waals surface area contributed by atoms with Gasteiger partial charge in [0.1, 0.15) is 0 Å². The Bertz CT molecular complexity index is 463. The summed E-state index contributed by atoms with van der Waals surface area (Å²) in [6, 6.07) is 10.3. The minimum absolute atomic E-state index is 0. The summed E-state index contributed by atoms with van der Waals surface area (Å²) in [6.45, 7) is 0. The van der Waals surface area contributed by atoms with Crippen LogP contribution in [0.3, 0.4) is 0 Å². The summed E-state index contributed by atoms with van der Waals surface area (Å²) in [6.07, 6.45) is 14.1. The molecule has 4 heteroatoms. The van der Waals surface area contributed by atoms with Crippen LogP contribution in [0.15, 0.2) is 35.3 Å². The summed E-state index contributed by atoms with van der Waals surface area (Å²) < 4.78 is 0. The maximum Gasteiger partial charge on any atom is 1.00 e. The van der Waals surface area contributed by atoms with Crippen molar-refractivity contribution < 1.29 is 18.9 Å². The first kappa shape index (κ1) is 19.5. The van der Waals surface area contributed by atoms with Crippen LogP contribution in [0.4, 0.5) is 5.69 Å². The summed E-state index contributed by atoms with van der Waals surface area (Å²) in [5, 5.41) is 0. The average Bonchev–Trinajstić information content (AvgIpc) is 2.58. The summed E-state index contributed by atoms with van der Waals surface area (Å²) in [5.74, 6) is 0. The van der Waals surface area contributed by atoms with E-state index in [2.05, 4.69) is 24.3 Å². The zero-order valence-electron chi connectivity index (χ0n) is 14.4. The molecule has 0 N–H and O–H groups in total. The molecule has 3 rings (SSSR count). The molecule has 0 radical (unpaired) electrons. The number of hydrogen-bond acceptors (Lipinski definition) is 2. The Kier molecular flexibility index (Phi) is 8.63. The van der Waals surface area contributed by atoms with E-state index >= 15 is 0 Å². The first-order valence-electron chi connectivity index (χ1n) is 8.94. The van der Waals surface area contributed by atoms with Crippen LogP contribution in [-0.4, -0.2) is 16.1 Å². The summed E-state index contributed by atoms with van der Waals surface area (Å²) in [5.41, 5.74) is 2.75. The Morgan fingerprint density at radius 1 is 0.826 bits per heavy atom. The molecule has 0 unspecified atom stereocenters. The monoisotopic (exact) mass is 339 g/mol. The van der Waals surface area contributed by atoms with Gasteiger partial charge in [0.15, 0.2) is 0 Å². The van der Waals surface area contributed by atoms with Crippen LogP contribution >= 0.6 is 7.92 Å². The van der Waals surface area contributed by atoms with E-state index in [9.17, 15) is 0 Å². The van der Waals surface area contributed by atoms with Gasteiger partial charge in [0.2, 0.25) is 0 Å². The Balaban J connectivity index is 0.00000192. The maximum atomic E-state index is 5.88. The third-order valence-corrected chi connectivity index (χ3v) is 9.01. The van der Waals surface area contributed by atoms with E-state index in [0.717, 1.165) is 21.8 Å². The van der Waals surface area contributed by atoms with Gasteiger partial charge in [0.25, 0.3) is 0 Å². The minimum Gasteiger partial charge on any atom is -0.760 e. The van der Waals surface area contributed by atoms with Gasteiger partial charge in [-0.3, -0.25) is 4.99 Å². The van der Waals surface area contributed by atoms with E-state index < -0.39 is 0 Å². The van der Waals surface area contributed by atoms with Crippen molar-refractivity contribution in [3.8, 4) is 0 Å². The molecule has 0 aliphatic heterocycles. The largest absolute Gasteiger partial charge is 1.00 e. The van der Waals surface area contributed by atoms with Crippen LogP contribution in [0.2, 0.25) is 0 Å². The zero-order chi connectivity index (χ0) is 15.2. The molecule has 0 heterocycles. The molecular formula is C19H27LiNPS. The average molecular weight is 339 g/mol. The van der Waals surface area contributed by atoms with Gasteiger partial charge >= 0.3 is 18.9 Å². The number of nitrogens with zero attached hydrogens (tertiary/aromatic N) is 1. The van der Waals surface area contributed by atoms with Crippen LogP contribution in [0.25, 0.3) is 0 Å². The van der Waals surface area contributed by atoms with Gasteiger partial charge in [-0.15, -0.1) is 0 Å². The number of para-hydroxylation sites is 1. The number of hydrogen-bond donors (Lipinski definition) is 0. The predicted molar refractivity (Wildman–Crippen MR) is 102 cm³/mol. The SMILES string of the molecule is [Li+].[S-]C(=Nc1ccccc1)P(C1CCCCC1)C1CCCCC1. The topological polar surface area (TPSA) is 12.4 Å². The molecule has 0 atom stereocenters. The fraction of sp³-hybridized carbons (Fsp3) is 0.632. The molecule has 0 amide bonds. The molecule has 23 heavy (non-hydrogen) atoms. The second-order valence-electron chi connectivity index (χ2n) is 6.72.